The minimum absolute atomic E-state index is 0.681. The first-order chi connectivity index (χ1) is 6.77. The Kier molecular flexibility index (Phi) is 3.74. The Morgan fingerprint density at radius 2 is 1.93 bits per heavy atom. The highest BCUT2D eigenvalue weighted by molar-refractivity contribution is 7.99. The van der Waals surface area contributed by atoms with Crippen LogP contribution >= 0.6 is 11.8 Å². The maximum absolute atomic E-state index is 3.55. The lowest BCUT2D eigenvalue weighted by Gasteiger charge is -2.43. The molecule has 0 spiro atoms. The van der Waals surface area contributed by atoms with E-state index in [9.17, 15) is 0 Å². The van der Waals surface area contributed by atoms with E-state index in [1.165, 1.54) is 37.4 Å². The number of piperazine rings is 1. The van der Waals surface area contributed by atoms with Crippen molar-refractivity contribution in [3.63, 3.8) is 0 Å². The molecule has 2 nitrogen and oxygen atoms in total. The average molecular weight is 214 g/mol. The molecule has 1 N–H and O–H groups in total. The van der Waals surface area contributed by atoms with Crippen LogP contribution in [0.25, 0.3) is 0 Å². The number of thioether (sulfide) groups is 1. The molecule has 2 aliphatic rings. The summed E-state index contributed by atoms with van der Waals surface area (Å²) in [7, 11) is 0. The molecule has 2 heterocycles. The maximum Gasteiger partial charge on any atom is 0.0196 e. The Balaban J connectivity index is 1.92. The molecule has 0 aromatic rings. The van der Waals surface area contributed by atoms with Gasteiger partial charge in [0.2, 0.25) is 0 Å². The normalized spacial score (nSPS) is 37.3. The minimum Gasteiger partial charge on any atom is -0.311 e. The summed E-state index contributed by atoms with van der Waals surface area (Å²) < 4.78 is 0. The lowest BCUT2D eigenvalue weighted by Crippen LogP contribution is -2.58. The van der Waals surface area contributed by atoms with Gasteiger partial charge in [0.15, 0.2) is 0 Å². The highest BCUT2D eigenvalue weighted by Crippen LogP contribution is 2.24. The average Bonchev–Trinajstić information content (AvgIpc) is 2.23. The fourth-order valence-electron chi connectivity index (χ4n) is 2.58. The van der Waals surface area contributed by atoms with E-state index in [1.54, 1.807) is 0 Å². The van der Waals surface area contributed by atoms with Crippen molar-refractivity contribution in [2.24, 2.45) is 0 Å². The SMILES string of the molecule is CC1CN(C2CCSCC2)C(C)CN1. The minimum atomic E-state index is 0.681. The summed E-state index contributed by atoms with van der Waals surface area (Å²) in [6.07, 6.45) is 2.81. The molecule has 2 saturated heterocycles. The van der Waals surface area contributed by atoms with Gasteiger partial charge in [0.1, 0.15) is 0 Å². The van der Waals surface area contributed by atoms with Crippen molar-refractivity contribution >= 4 is 11.8 Å². The standard InChI is InChI=1S/C11H22N2S/c1-9-8-13(10(2)7-12-9)11-3-5-14-6-4-11/h9-12H,3-8H2,1-2H3. The van der Waals surface area contributed by atoms with E-state index in [2.05, 4.69) is 35.8 Å². The third-order valence-electron chi connectivity index (χ3n) is 3.47. The van der Waals surface area contributed by atoms with Gasteiger partial charge in [0.25, 0.3) is 0 Å². The third-order valence-corrected chi connectivity index (χ3v) is 4.52. The second kappa shape index (κ2) is 4.86. The molecule has 0 saturated carbocycles. The topological polar surface area (TPSA) is 15.3 Å². The number of hydrogen-bond acceptors (Lipinski definition) is 3. The Labute approximate surface area is 91.8 Å². The van der Waals surface area contributed by atoms with Crippen LogP contribution in [0.15, 0.2) is 0 Å². The van der Waals surface area contributed by atoms with Crippen molar-refractivity contribution in [2.75, 3.05) is 24.6 Å². The number of hydrogen-bond donors (Lipinski definition) is 1. The van der Waals surface area contributed by atoms with Crippen LogP contribution < -0.4 is 5.32 Å². The summed E-state index contributed by atoms with van der Waals surface area (Å²) in [5.74, 6) is 2.74. The molecule has 0 aliphatic carbocycles. The molecule has 0 amide bonds. The van der Waals surface area contributed by atoms with Gasteiger partial charge in [-0.3, -0.25) is 4.90 Å². The van der Waals surface area contributed by atoms with Gasteiger partial charge in [0.05, 0.1) is 0 Å². The summed E-state index contributed by atoms with van der Waals surface area (Å²) in [5, 5.41) is 3.55. The van der Waals surface area contributed by atoms with E-state index in [0.29, 0.717) is 6.04 Å². The van der Waals surface area contributed by atoms with E-state index < -0.39 is 0 Å². The van der Waals surface area contributed by atoms with Crippen molar-refractivity contribution in [1.82, 2.24) is 10.2 Å². The predicted octanol–water partition coefficient (Wildman–Crippen LogP) is 1.56. The first kappa shape index (κ1) is 10.8. The highest BCUT2D eigenvalue weighted by Gasteiger charge is 2.29. The van der Waals surface area contributed by atoms with Crippen molar-refractivity contribution in [3.8, 4) is 0 Å². The molecule has 0 aromatic heterocycles. The molecule has 0 aromatic carbocycles. The molecule has 82 valence electrons. The molecule has 2 rings (SSSR count). The Morgan fingerprint density at radius 1 is 1.21 bits per heavy atom. The van der Waals surface area contributed by atoms with Crippen molar-refractivity contribution in [2.45, 2.75) is 44.8 Å². The van der Waals surface area contributed by atoms with Gasteiger partial charge < -0.3 is 5.32 Å². The number of nitrogens with one attached hydrogen (secondary N) is 1. The Morgan fingerprint density at radius 3 is 2.64 bits per heavy atom. The van der Waals surface area contributed by atoms with Crippen LogP contribution in [0.4, 0.5) is 0 Å². The predicted molar refractivity (Wildman–Crippen MR) is 64.0 cm³/mol. The van der Waals surface area contributed by atoms with Crippen LogP contribution in [-0.2, 0) is 0 Å². The second-order valence-electron chi connectivity index (χ2n) is 4.70. The first-order valence-electron chi connectivity index (χ1n) is 5.84. The summed E-state index contributed by atoms with van der Waals surface area (Å²) in [4.78, 5) is 2.74. The zero-order valence-electron chi connectivity index (χ0n) is 9.33. The van der Waals surface area contributed by atoms with Crippen LogP contribution in [0.5, 0.6) is 0 Å². The Hall–Kier alpha value is 0.270. The lowest BCUT2D eigenvalue weighted by molar-refractivity contribution is 0.0898. The molecule has 0 radical (unpaired) electrons. The third kappa shape index (κ3) is 2.44. The van der Waals surface area contributed by atoms with Crippen LogP contribution in [0.1, 0.15) is 26.7 Å². The summed E-state index contributed by atoms with van der Waals surface area (Å²) in [6.45, 7) is 7.08. The van der Waals surface area contributed by atoms with Crippen LogP contribution in [0.2, 0.25) is 0 Å². The van der Waals surface area contributed by atoms with Crippen LogP contribution in [0, 0.1) is 0 Å². The molecular formula is C11H22N2S. The van der Waals surface area contributed by atoms with Crippen molar-refractivity contribution in [3.05, 3.63) is 0 Å². The smallest absolute Gasteiger partial charge is 0.0196 e. The van der Waals surface area contributed by atoms with Crippen LogP contribution in [-0.4, -0.2) is 47.6 Å². The number of rotatable bonds is 1. The van der Waals surface area contributed by atoms with Gasteiger partial charge in [-0.25, -0.2) is 0 Å². The fourth-order valence-corrected chi connectivity index (χ4v) is 3.66. The van der Waals surface area contributed by atoms with Crippen molar-refractivity contribution < 1.29 is 0 Å². The number of nitrogens with zero attached hydrogens (tertiary/aromatic N) is 1. The molecule has 2 fully saturated rings. The molecule has 2 aliphatic heterocycles. The van der Waals surface area contributed by atoms with Gasteiger partial charge in [0, 0.05) is 31.2 Å². The molecule has 2 atom stereocenters. The largest absolute Gasteiger partial charge is 0.311 e. The summed E-state index contributed by atoms with van der Waals surface area (Å²) in [6, 6.07) is 2.29. The van der Waals surface area contributed by atoms with E-state index >= 15 is 0 Å². The van der Waals surface area contributed by atoms with E-state index in [1.807, 2.05) is 0 Å². The molecule has 2 unspecified atom stereocenters. The zero-order chi connectivity index (χ0) is 9.97. The van der Waals surface area contributed by atoms with Gasteiger partial charge in [-0.15, -0.1) is 0 Å². The zero-order valence-corrected chi connectivity index (χ0v) is 10.1. The lowest BCUT2D eigenvalue weighted by atomic mass is 10.0. The summed E-state index contributed by atoms with van der Waals surface area (Å²) in [5.41, 5.74) is 0. The fraction of sp³-hybridized carbons (Fsp3) is 1.00. The maximum atomic E-state index is 3.55. The molecule has 3 heteroatoms. The molecular weight excluding hydrogens is 192 g/mol. The second-order valence-corrected chi connectivity index (χ2v) is 5.92. The van der Waals surface area contributed by atoms with Gasteiger partial charge in [-0.1, -0.05) is 0 Å². The van der Waals surface area contributed by atoms with E-state index in [0.717, 1.165) is 12.1 Å². The molecule has 0 bridgehead atoms. The van der Waals surface area contributed by atoms with E-state index in [-0.39, 0.29) is 0 Å². The first-order valence-corrected chi connectivity index (χ1v) is 6.99. The monoisotopic (exact) mass is 214 g/mol. The highest BCUT2D eigenvalue weighted by atomic mass is 32.2. The summed E-state index contributed by atoms with van der Waals surface area (Å²) >= 11 is 2.12. The quantitative estimate of drug-likeness (QED) is 0.713. The Bertz CT molecular complexity index is 180. The van der Waals surface area contributed by atoms with E-state index in [4.69, 9.17) is 0 Å². The molecule has 14 heavy (non-hydrogen) atoms. The van der Waals surface area contributed by atoms with Crippen molar-refractivity contribution in [1.29, 1.82) is 0 Å². The van der Waals surface area contributed by atoms with Gasteiger partial charge >= 0.3 is 0 Å². The van der Waals surface area contributed by atoms with Crippen LogP contribution in [0.3, 0.4) is 0 Å². The van der Waals surface area contributed by atoms with Gasteiger partial charge in [-0.05, 0) is 38.2 Å². The van der Waals surface area contributed by atoms with Gasteiger partial charge in [-0.2, -0.15) is 11.8 Å².